The molecule has 1 saturated heterocycles. The van der Waals surface area contributed by atoms with E-state index in [-0.39, 0.29) is 31.0 Å². The second-order valence-electron chi connectivity index (χ2n) is 2.02. The Labute approximate surface area is 83.4 Å². The Morgan fingerprint density at radius 3 is 2.30 bits per heavy atom. The fraction of sp³-hybridized carbons (Fsp3) is 0.800. The molecule has 0 aromatic carbocycles. The number of amides is 1. The van der Waals surface area contributed by atoms with Gasteiger partial charge in [0.25, 0.3) is 0 Å². The average molecular weight is 154 g/mol. The summed E-state index contributed by atoms with van der Waals surface area (Å²) in [5.74, 6) is 0. The molecule has 2 N–H and O–H groups in total. The molecule has 1 aliphatic heterocycles. The standard InChI is InChI=1S/C5H10N2O2.Na.H/c8-5(9)7-3-1-6-2-4-7;;/h6H,1-4H2,(H,8,9);;/q;+1;-1. The molecule has 1 fully saturated rings. The first kappa shape index (κ1) is 10.2. The summed E-state index contributed by atoms with van der Waals surface area (Å²) in [7, 11) is 0. The van der Waals surface area contributed by atoms with E-state index in [4.69, 9.17) is 5.11 Å². The van der Waals surface area contributed by atoms with Gasteiger partial charge in [0.05, 0.1) is 0 Å². The SMILES string of the molecule is O=C(O)N1CCNCC1.[H-].[Na+]. The van der Waals surface area contributed by atoms with E-state index in [1.54, 1.807) is 0 Å². The number of hydrogen-bond acceptors (Lipinski definition) is 2. The zero-order valence-corrected chi connectivity index (χ0v) is 8.13. The molecule has 0 aromatic rings. The van der Waals surface area contributed by atoms with Gasteiger partial charge in [0, 0.05) is 26.2 Å². The third kappa shape index (κ3) is 2.88. The van der Waals surface area contributed by atoms with Gasteiger partial charge in [0.1, 0.15) is 0 Å². The van der Waals surface area contributed by atoms with Crippen molar-refractivity contribution in [3.63, 3.8) is 0 Å². The Bertz CT molecular complexity index is 119. The zero-order valence-electron chi connectivity index (χ0n) is 7.13. The van der Waals surface area contributed by atoms with Crippen LogP contribution in [0.25, 0.3) is 0 Å². The Morgan fingerprint density at radius 2 is 2.00 bits per heavy atom. The Kier molecular flexibility index (Phi) is 5.07. The van der Waals surface area contributed by atoms with Crippen molar-refractivity contribution in [3.05, 3.63) is 0 Å². The van der Waals surface area contributed by atoms with Crippen molar-refractivity contribution in [1.29, 1.82) is 0 Å². The summed E-state index contributed by atoms with van der Waals surface area (Å²) in [5.41, 5.74) is 0. The summed E-state index contributed by atoms with van der Waals surface area (Å²) in [6.45, 7) is 2.81. The summed E-state index contributed by atoms with van der Waals surface area (Å²) in [6, 6.07) is 0. The average Bonchev–Trinajstić information content (AvgIpc) is 1.90. The molecule has 0 atom stereocenters. The van der Waals surface area contributed by atoms with E-state index < -0.39 is 6.09 Å². The maximum Gasteiger partial charge on any atom is 1.00 e. The molecule has 1 amide bonds. The first-order valence-electron chi connectivity index (χ1n) is 2.99. The van der Waals surface area contributed by atoms with Crippen molar-refractivity contribution in [1.82, 2.24) is 10.2 Å². The van der Waals surface area contributed by atoms with E-state index in [9.17, 15) is 4.79 Å². The number of carbonyl (C=O) groups is 1. The van der Waals surface area contributed by atoms with Crippen molar-refractivity contribution in [2.75, 3.05) is 26.2 Å². The summed E-state index contributed by atoms with van der Waals surface area (Å²) in [5, 5.41) is 11.5. The predicted molar refractivity (Wildman–Crippen MR) is 33.6 cm³/mol. The molecule has 0 unspecified atom stereocenters. The minimum atomic E-state index is -0.809. The number of carboxylic acid groups (broad SMARTS) is 1. The van der Waals surface area contributed by atoms with Crippen LogP contribution in [0.3, 0.4) is 0 Å². The third-order valence-corrected chi connectivity index (χ3v) is 1.39. The fourth-order valence-corrected chi connectivity index (χ4v) is 0.856. The van der Waals surface area contributed by atoms with Gasteiger partial charge in [0.15, 0.2) is 0 Å². The van der Waals surface area contributed by atoms with Crippen LogP contribution in [0.2, 0.25) is 0 Å². The van der Waals surface area contributed by atoms with Gasteiger partial charge in [-0.05, 0) is 0 Å². The molecule has 0 radical (unpaired) electrons. The van der Waals surface area contributed by atoms with Gasteiger partial charge >= 0.3 is 35.7 Å². The van der Waals surface area contributed by atoms with Crippen LogP contribution in [0.1, 0.15) is 1.43 Å². The minimum absolute atomic E-state index is 0. The van der Waals surface area contributed by atoms with Crippen LogP contribution in [-0.2, 0) is 0 Å². The van der Waals surface area contributed by atoms with Gasteiger partial charge in [-0.15, -0.1) is 0 Å². The molecule has 0 bridgehead atoms. The maximum atomic E-state index is 10.3. The van der Waals surface area contributed by atoms with Crippen LogP contribution in [0, 0.1) is 0 Å². The molecule has 5 heteroatoms. The topological polar surface area (TPSA) is 52.6 Å². The Morgan fingerprint density at radius 1 is 1.50 bits per heavy atom. The van der Waals surface area contributed by atoms with E-state index in [1.165, 1.54) is 4.90 Å². The number of nitrogens with zero attached hydrogens (tertiary/aromatic N) is 1. The summed E-state index contributed by atoms with van der Waals surface area (Å²) in [6.07, 6.45) is -0.809. The van der Waals surface area contributed by atoms with Gasteiger partial charge in [-0.2, -0.15) is 0 Å². The number of rotatable bonds is 0. The fourth-order valence-electron chi connectivity index (χ4n) is 0.856. The van der Waals surface area contributed by atoms with Crippen LogP contribution in [0.15, 0.2) is 0 Å². The second-order valence-corrected chi connectivity index (χ2v) is 2.02. The number of nitrogens with one attached hydrogen (secondary N) is 1. The first-order valence-corrected chi connectivity index (χ1v) is 2.99. The van der Waals surface area contributed by atoms with Crippen molar-refractivity contribution < 1.29 is 40.9 Å². The zero-order chi connectivity index (χ0) is 6.69. The molecular weight excluding hydrogens is 143 g/mol. The molecule has 4 nitrogen and oxygen atoms in total. The molecule has 1 heterocycles. The van der Waals surface area contributed by atoms with Crippen LogP contribution >= 0.6 is 0 Å². The van der Waals surface area contributed by atoms with E-state index in [0.717, 1.165) is 13.1 Å². The van der Waals surface area contributed by atoms with Crippen molar-refractivity contribution in [2.24, 2.45) is 0 Å². The normalized spacial score (nSPS) is 17.8. The van der Waals surface area contributed by atoms with Crippen molar-refractivity contribution in [3.8, 4) is 0 Å². The molecule has 0 saturated carbocycles. The third-order valence-electron chi connectivity index (χ3n) is 1.39. The van der Waals surface area contributed by atoms with Gasteiger partial charge in [-0.25, -0.2) is 4.79 Å². The summed E-state index contributed by atoms with van der Waals surface area (Å²) < 4.78 is 0. The van der Waals surface area contributed by atoms with Crippen LogP contribution in [-0.4, -0.2) is 42.3 Å². The molecule has 0 aliphatic carbocycles. The van der Waals surface area contributed by atoms with E-state index in [1.807, 2.05) is 0 Å². The van der Waals surface area contributed by atoms with E-state index in [2.05, 4.69) is 5.32 Å². The summed E-state index contributed by atoms with van der Waals surface area (Å²) in [4.78, 5) is 11.7. The Balaban J connectivity index is 0. The number of piperazine rings is 1. The minimum Gasteiger partial charge on any atom is -1.00 e. The van der Waals surface area contributed by atoms with Gasteiger partial charge < -0.3 is 16.7 Å². The maximum absolute atomic E-state index is 10.3. The van der Waals surface area contributed by atoms with E-state index in [0.29, 0.717) is 13.1 Å². The van der Waals surface area contributed by atoms with Crippen LogP contribution in [0.4, 0.5) is 4.79 Å². The van der Waals surface area contributed by atoms with Gasteiger partial charge in [-0.1, -0.05) is 0 Å². The van der Waals surface area contributed by atoms with Crippen LogP contribution in [0.5, 0.6) is 0 Å². The second kappa shape index (κ2) is 4.96. The van der Waals surface area contributed by atoms with E-state index >= 15 is 0 Å². The van der Waals surface area contributed by atoms with Crippen LogP contribution < -0.4 is 34.9 Å². The molecule has 0 aromatic heterocycles. The number of hydrogen-bond donors (Lipinski definition) is 2. The predicted octanol–water partition coefficient (Wildman–Crippen LogP) is -3.31. The monoisotopic (exact) mass is 154 g/mol. The van der Waals surface area contributed by atoms with Crippen molar-refractivity contribution >= 4 is 6.09 Å². The molecule has 54 valence electrons. The molecular formula is C5H11N2NaO2. The first-order chi connectivity index (χ1) is 4.30. The van der Waals surface area contributed by atoms with Gasteiger partial charge in [0.2, 0.25) is 0 Å². The molecule has 1 aliphatic rings. The molecule has 10 heavy (non-hydrogen) atoms. The smallest absolute Gasteiger partial charge is 1.00 e. The van der Waals surface area contributed by atoms with Crippen molar-refractivity contribution in [2.45, 2.75) is 0 Å². The quantitative estimate of drug-likeness (QED) is 0.359. The summed E-state index contributed by atoms with van der Waals surface area (Å²) >= 11 is 0. The largest absolute Gasteiger partial charge is 1.00 e. The van der Waals surface area contributed by atoms with Gasteiger partial charge in [-0.3, -0.25) is 0 Å². The molecule has 1 rings (SSSR count). The molecule has 0 spiro atoms. The Hall–Kier alpha value is 0.230.